The van der Waals surface area contributed by atoms with Gasteiger partial charge in [0.15, 0.2) is 5.11 Å². The Bertz CT molecular complexity index is 755. The lowest BCUT2D eigenvalue weighted by Crippen LogP contribution is -2.34. The Balaban J connectivity index is 2.03. The normalized spacial score (nSPS) is 10.1. The van der Waals surface area contributed by atoms with Crippen molar-refractivity contribution >= 4 is 40.5 Å². The van der Waals surface area contributed by atoms with Crippen LogP contribution in [0.2, 0.25) is 5.02 Å². The SMILES string of the molecule is CCCOc1ccccc1C(=O)NC(=S)Nc1ccc(F)c(Cl)c1. The van der Waals surface area contributed by atoms with E-state index in [-0.39, 0.29) is 10.1 Å². The Morgan fingerprint density at radius 1 is 1.29 bits per heavy atom. The molecule has 0 saturated heterocycles. The molecule has 0 aliphatic rings. The van der Waals surface area contributed by atoms with Gasteiger partial charge in [-0.1, -0.05) is 30.7 Å². The highest BCUT2D eigenvalue weighted by Gasteiger charge is 2.13. The second-order valence-corrected chi connectivity index (χ2v) is 5.70. The molecule has 0 aliphatic heterocycles. The summed E-state index contributed by atoms with van der Waals surface area (Å²) >= 11 is 10.8. The number of halogens is 2. The summed E-state index contributed by atoms with van der Waals surface area (Å²) in [6.45, 7) is 2.50. The fraction of sp³-hybridized carbons (Fsp3) is 0.176. The molecule has 0 bridgehead atoms. The molecule has 0 aromatic heterocycles. The highest BCUT2D eigenvalue weighted by Crippen LogP contribution is 2.20. The van der Waals surface area contributed by atoms with Crippen LogP contribution in [0.1, 0.15) is 23.7 Å². The van der Waals surface area contributed by atoms with Gasteiger partial charge in [0, 0.05) is 5.69 Å². The topological polar surface area (TPSA) is 50.4 Å². The zero-order valence-corrected chi connectivity index (χ0v) is 14.5. The number of anilines is 1. The number of benzene rings is 2. The van der Waals surface area contributed by atoms with E-state index in [0.717, 1.165) is 6.42 Å². The molecule has 24 heavy (non-hydrogen) atoms. The summed E-state index contributed by atoms with van der Waals surface area (Å²) in [5.41, 5.74) is 0.856. The van der Waals surface area contributed by atoms with Crippen LogP contribution >= 0.6 is 23.8 Å². The van der Waals surface area contributed by atoms with Crippen LogP contribution < -0.4 is 15.4 Å². The van der Waals surface area contributed by atoms with Gasteiger partial charge in [0.1, 0.15) is 11.6 Å². The fourth-order valence-electron chi connectivity index (χ4n) is 1.90. The van der Waals surface area contributed by atoms with Crippen LogP contribution in [-0.4, -0.2) is 17.6 Å². The molecule has 0 saturated carbocycles. The van der Waals surface area contributed by atoms with Gasteiger partial charge < -0.3 is 10.1 Å². The minimum atomic E-state index is -0.529. The molecule has 2 rings (SSSR count). The molecule has 0 unspecified atom stereocenters. The highest BCUT2D eigenvalue weighted by molar-refractivity contribution is 7.80. The van der Waals surface area contributed by atoms with Gasteiger partial charge in [-0.2, -0.15) is 0 Å². The monoisotopic (exact) mass is 366 g/mol. The fourth-order valence-corrected chi connectivity index (χ4v) is 2.29. The molecule has 2 N–H and O–H groups in total. The predicted molar refractivity (Wildman–Crippen MR) is 97.3 cm³/mol. The number of rotatable bonds is 5. The Kier molecular flexibility index (Phi) is 6.52. The molecule has 7 heteroatoms. The van der Waals surface area contributed by atoms with Crippen molar-refractivity contribution in [2.75, 3.05) is 11.9 Å². The lowest BCUT2D eigenvalue weighted by Gasteiger charge is -2.13. The van der Waals surface area contributed by atoms with Crippen LogP contribution in [0.3, 0.4) is 0 Å². The Morgan fingerprint density at radius 3 is 2.75 bits per heavy atom. The first-order valence-electron chi connectivity index (χ1n) is 7.30. The van der Waals surface area contributed by atoms with Gasteiger partial charge in [0.25, 0.3) is 5.91 Å². The maximum atomic E-state index is 13.1. The molecule has 0 radical (unpaired) electrons. The number of nitrogens with one attached hydrogen (secondary N) is 2. The van der Waals surface area contributed by atoms with Gasteiger partial charge in [-0.3, -0.25) is 10.1 Å². The average Bonchev–Trinajstić information content (AvgIpc) is 2.56. The van der Waals surface area contributed by atoms with Crippen molar-refractivity contribution in [2.45, 2.75) is 13.3 Å². The van der Waals surface area contributed by atoms with Crippen LogP contribution in [0.4, 0.5) is 10.1 Å². The van der Waals surface area contributed by atoms with Crippen LogP contribution in [0.25, 0.3) is 0 Å². The number of amides is 1. The first-order chi connectivity index (χ1) is 11.5. The van der Waals surface area contributed by atoms with Crippen molar-refractivity contribution < 1.29 is 13.9 Å². The van der Waals surface area contributed by atoms with E-state index in [1.165, 1.54) is 18.2 Å². The van der Waals surface area contributed by atoms with E-state index >= 15 is 0 Å². The summed E-state index contributed by atoms with van der Waals surface area (Å²) < 4.78 is 18.7. The lowest BCUT2D eigenvalue weighted by molar-refractivity contribution is 0.0973. The zero-order valence-electron chi connectivity index (χ0n) is 12.9. The minimum Gasteiger partial charge on any atom is -0.493 e. The molecule has 4 nitrogen and oxygen atoms in total. The van der Waals surface area contributed by atoms with E-state index in [1.807, 2.05) is 6.92 Å². The van der Waals surface area contributed by atoms with Gasteiger partial charge in [0.2, 0.25) is 0 Å². The van der Waals surface area contributed by atoms with Crippen molar-refractivity contribution in [3.05, 3.63) is 58.9 Å². The second kappa shape index (κ2) is 8.61. The molecule has 0 aliphatic carbocycles. The third-order valence-corrected chi connectivity index (χ3v) is 3.49. The molecule has 0 spiro atoms. The van der Waals surface area contributed by atoms with Gasteiger partial charge in [-0.15, -0.1) is 0 Å². The Hall–Kier alpha value is -2.18. The maximum absolute atomic E-state index is 13.1. The number of hydrogen-bond donors (Lipinski definition) is 2. The summed E-state index contributed by atoms with van der Waals surface area (Å²) in [6, 6.07) is 11.0. The molecule has 126 valence electrons. The molecule has 0 atom stereocenters. The van der Waals surface area contributed by atoms with Crippen molar-refractivity contribution in [1.29, 1.82) is 0 Å². The van der Waals surface area contributed by atoms with E-state index in [0.29, 0.717) is 23.6 Å². The maximum Gasteiger partial charge on any atom is 0.261 e. The molecule has 2 aromatic carbocycles. The smallest absolute Gasteiger partial charge is 0.261 e. The first-order valence-corrected chi connectivity index (χ1v) is 8.09. The molecule has 2 aromatic rings. The number of hydrogen-bond acceptors (Lipinski definition) is 3. The molecule has 0 heterocycles. The molecular weight excluding hydrogens is 351 g/mol. The van der Waals surface area contributed by atoms with E-state index in [4.69, 9.17) is 28.6 Å². The number of ether oxygens (including phenoxy) is 1. The molecule has 1 amide bonds. The van der Waals surface area contributed by atoms with Gasteiger partial charge >= 0.3 is 0 Å². The van der Waals surface area contributed by atoms with Crippen LogP contribution in [0.15, 0.2) is 42.5 Å². The van der Waals surface area contributed by atoms with Crippen LogP contribution in [0.5, 0.6) is 5.75 Å². The van der Waals surface area contributed by atoms with Crippen molar-refractivity contribution in [1.82, 2.24) is 5.32 Å². The molecular formula is C17H16ClFN2O2S. The zero-order chi connectivity index (χ0) is 17.5. The largest absolute Gasteiger partial charge is 0.493 e. The molecule has 0 fully saturated rings. The third-order valence-electron chi connectivity index (χ3n) is 3.00. The van der Waals surface area contributed by atoms with E-state index in [9.17, 15) is 9.18 Å². The second-order valence-electron chi connectivity index (χ2n) is 4.88. The summed E-state index contributed by atoms with van der Waals surface area (Å²) in [4.78, 5) is 12.3. The van der Waals surface area contributed by atoms with Crippen molar-refractivity contribution in [3.8, 4) is 5.75 Å². The number of para-hydroxylation sites is 1. The Morgan fingerprint density at radius 2 is 2.04 bits per heavy atom. The number of carbonyl (C=O) groups is 1. The summed E-state index contributed by atoms with van der Waals surface area (Å²) in [5.74, 6) is -0.434. The standard InChI is InChI=1S/C17H16ClFN2O2S/c1-2-9-23-15-6-4-3-5-12(15)16(22)21-17(24)20-11-7-8-14(19)13(18)10-11/h3-8,10H,2,9H2,1H3,(H2,20,21,22,24). The van der Waals surface area contributed by atoms with Gasteiger partial charge in [-0.25, -0.2) is 4.39 Å². The van der Waals surface area contributed by atoms with E-state index < -0.39 is 11.7 Å². The summed E-state index contributed by atoms with van der Waals surface area (Å²) in [5, 5.41) is 5.38. The third kappa shape index (κ3) is 4.91. The van der Waals surface area contributed by atoms with Crippen molar-refractivity contribution in [2.24, 2.45) is 0 Å². The highest BCUT2D eigenvalue weighted by atomic mass is 35.5. The average molecular weight is 367 g/mol. The Labute approximate surface area is 150 Å². The van der Waals surface area contributed by atoms with Gasteiger partial charge in [0.05, 0.1) is 17.2 Å². The van der Waals surface area contributed by atoms with Crippen molar-refractivity contribution in [3.63, 3.8) is 0 Å². The lowest BCUT2D eigenvalue weighted by atomic mass is 10.2. The van der Waals surface area contributed by atoms with E-state index in [2.05, 4.69) is 10.6 Å². The summed E-state index contributed by atoms with van der Waals surface area (Å²) in [6.07, 6.45) is 0.835. The number of thiocarbonyl (C=S) groups is 1. The van der Waals surface area contributed by atoms with Crippen LogP contribution in [-0.2, 0) is 0 Å². The van der Waals surface area contributed by atoms with Gasteiger partial charge in [-0.05, 0) is 49.0 Å². The summed E-state index contributed by atoms with van der Waals surface area (Å²) in [7, 11) is 0. The van der Waals surface area contributed by atoms with E-state index in [1.54, 1.807) is 24.3 Å². The quantitative estimate of drug-likeness (QED) is 0.770. The van der Waals surface area contributed by atoms with Crippen LogP contribution in [0, 0.1) is 5.82 Å². The predicted octanol–water partition coefficient (Wildman–Crippen LogP) is 4.39. The number of carbonyl (C=O) groups excluding carboxylic acids is 1. The first kappa shape index (κ1) is 18.2. The minimum absolute atomic E-state index is 0.0348.